The number of hydrogen-bond donors (Lipinski definition) is 1. The van der Waals surface area contributed by atoms with E-state index in [4.69, 9.17) is 5.73 Å². The van der Waals surface area contributed by atoms with Gasteiger partial charge in [0.2, 0.25) is 0 Å². The molecule has 0 radical (unpaired) electrons. The molecule has 2 N–H and O–H groups in total. The van der Waals surface area contributed by atoms with Crippen molar-refractivity contribution in [2.75, 3.05) is 5.73 Å². The molecule has 0 saturated heterocycles. The maximum atomic E-state index is 10.5. The standard InChI is InChI=1S/C9H8N4O2S2/c1-5-11-9(17-12-5)16-8-3-2-6(13(14)15)4-7(8)10/h2-4H,10H2,1H3. The molecule has 1 aromatic heterocycles. The summed E-state index contributed by atoms with van der Waals surface area (Å²) in [4.78, 5) is 15.0. The summed E-state index contributed by atoms with van der Waals surface area (Å²) < 4.78 is 4.82. The molecule has 6 nitrogen and oxygen atoms in total. The Morgan fingerprint density at radius 3 is 2.82 bits per heavy atom. The number of aromatic nitrogens is 2. The first kappa shape index (κ1) is 11.8. The van der Waals surface area contributed by atoms with Crippen LogP contribution in [0.1, 0.15) is 5.82 Å². The molecule has 0 spiro atoms. The molecule has 88 valence electrons. The molecule has 0 unspecified atom stereocenters. The quantitative estimate of drug-likeness (QED) is 0.522. The Labute approximate surface area is 105 Å². The average molecular weight is 268 g/mol. The van der Waals surface area contributed by atoms with E-state index in [-0.39, 0.29) is 5.69 Å². The summed E-state index contributed by atoms with van der Waals surface area (Å²) in [5.74, 6) is 0.706. The van der Waals surface area contributed by atoms with E-state index in [1.807, 2.05) is 0 Å². The van der Waals surface area contributed by atoms with Gasteiger partial charge in [-0.25, -0.2) is 4.98 Å². The molecule has 0 aliphatic carbocycles. The van der Waals surface area contributed by atoms with Crippen LogP contribution in [0.15, 0.2) is 27.4 Å². The molecule has 0 amide bonds. The number of non-ortho nitro benzene ring substituents is 1. The van der Waals surface area contributed by atoms with Gasteiger partial charge < -0.3 is 5.73 Å². The van der Waals surface area contributed by atoms with Crippen LogP contribution in [-0.2, 0) is 0 Å². The van der Waals surface area contributed by atoms with Crippen LogP contribution in [0.25, 0.3) is 0 Å². The number of rotatable bonds is 3. The summed E-state index contributed by atoms with van der Waals surface area (Å²) >= 11 is 2.63. The lowest BCUT2D eigenvalue weighted by molar-refractivity contribution is -0.384. The molecule has 1 heterocycles. The second kappa shape index (κ2) is 4.68. The molecule has 0 aliphatic heterocycles. The first-order chi connectivity index (χ1) is 8.06. The van der Waals surface area contributed by atoms with E-state index < -0.39 is 4.92 Å². The predicted octanol–water partition coefficient (Wildman–Crippen LogP) is 2.49. The summed E-state index contributed by atoms with van der Waals surface area (Å²) in [6, 6.07) is 4.39. The molecule has 2 aromatic rings. The van der Waals surface area contributed by atoms with Crippen molar-refractivity contribution in [3.05, 3.63) is 34.1 Å². The van der Waals surface area contributed by atoms with Crippen molar-refractivity contribution in [2.45, 2.75) is 16.2 Å². The van der Waals surface area contributed by atoms with Crippen molar-refractivity contribution in [3.8, 4) is 0 Å². The molecule has 0 bridgehead atoms. The number of nitrogens with zero attached hydrogens (tertiary/aromatic N) is 3. The minimum absolute atomic E-state index is 0.0136. The monoisotopic (exact) mass is 268 g/mol. The van der Waals surface area contributed by atoms with Gasteiger partial charge in [0.25, 0.3) is 5.69 Å². The second-order valence-electron chi connectivity index (χ2n) is 3.19. The molecule has 0 saturated carbocycles. The van der Waals surface area contributed by atoms with Gasteiger partial charge in [0.1, 0.15) is 5.82 Å². The van der Waals surface area contributed by atoms with Crippen molar-refractivity contribution in [1.82, 2.24) is 9.36 Å². The fourth-order valence-corrected chi connectivity index (χ4v) is 2.79. The zero-order valence-corrected chi connectivity index (χ0v) is 10.4. The van der Waals surface area contributed by atoms with Gasteiger partial charge in [-0.3, -0.25) is 10.1 Å². The summed E-state index contributed by atoms with van der Waals surface area (Å²) in [5, 5.41) is 10.5. The van der Waals surface area contributed by atoms with Gasteiger partial charge in [-0.2, -0.15) is 4.37 Å². The number of nitro benzene ring substituents is 1. The Kier molecular flexibility index (Phi) is 3.25. The zero-order valence-electron chi connectivity index (χ0n) is 8.78. The van der Waals surface area contributed by atoms with Crippen molar-refractivity contribution in [3.63, 3.8) is 0 Å². The van der Waals surface area contributed by atoms with E-state index in [9.17, 15) is 10.1 Å². The summed E-state index contributed by atoms with van der Waals surface area (Å²) in [6.07, 6.45) is 0. The molecule has 8 heteroatoms. The minimum Gasteiger partial charge on any atom is -0.398 e. The third-order valence-corrected chi connectivity index (χ3v) is 3.84. The number of nitro groups is 1. The van der Waals surface area contributed by atoms with Crippen LogP contribution < -0.4 is 5.73 Å². The zero-order chi connectivity index (χ0) is 12.4. The van der Waals surface area contributed by atoms with Crippen molar-refractivity contribution in [2.24, 2.45) is 0 Å². The Bertz CT molecular complexity index is 570. The SMILES string of the molecule is Cc1nsc(Sc2ccc([N+](=O)[O-])cc2N)n1. The Morgan fingerprint density at radius 1 is 1.53 bits per heavy atom. The minimum atomic E-state index is -0.472. The number of nitrogen functional groups attached to an aromatic ring is 1. The lowest BCUT2D eigenvalue weighted by Crippen LogP contribution is -1.93. The second-order valence-corrected chi connectivity index (χ2v) is 5.23. The van der Waals surface area contributed by atoms with E-state index >= 15 is 0 Å². The molecule has 0 atom stereocenters. The molecule has 1 aromatic carbocycles. The van der Waals surface area contributed by atoms with E-state index in [1.54, 1.807) is 13.0 Å². The lowest BCUT2D eigenvalue weighted by Gasteiger charge is -2.01. The van der Waals surface area contributed by atoms with E-state index in [0.29, 0.717) is 11.5 Å². The highest BCUT2D eigenvalue weighted by Gasteiger charge is 2.11. The van der Waals surface area contributed by atoms with Crippen molar-refractivity contribution < 1.29 is 4.92 Å². The average Bonchev–Trinajstić information content (AvgIpc) is 2.67. The fourth-order valence-electron chi connectivity index (χ4n) is 1.16. The molecule has 0 fully saturated rings. The molecular weight excluding hydrogens is 260 g/mol. The fraction of sp³-hybridized carbons (Fsp3) is 0.111. The van der Waals surface area contributed by atoms with Gasteiger partial charge in [0.15, 0.2) is 4.34 Å². The van der Waals surface area contributed by atoms with Crippen LogP contribution in [0, 0.1) is 17.0 Å². The Morgan fingerprint density at radius 2 is 2.29 bits per heavy atom. The lowest BCUT2D eigenvalue weighted by atomic mass is 10.3. The molecular formula is C9H8N4O2S2. The summed E-state index contributed by atoms with van der Waals surface area (Å²) in [5.41, 5.74) is 6.10. The topological polar surface area (TPSA) is 94.9 Å². The van der Waals surface area contributed by atoms with Gasteiger partial charge >= 0.3 is 0 Å². The number of benzene rings is 1. The highest BCUT2D eigenvalue weighted by Crippen LogP contribution is 2.34. The predicted molar refractivity (Wildman–Crippen MR) is 66.3 cm³/mol. The molecule has 2 rings (SSSR count). The van der Waals surface area contributed by atoms with Crippen LogP contribution in [0.4, 0.5) is 11.4 Å². The first-order valence-corrected chi connectivity index (χ1v) is 6.17. The normalized spacial score (nSPS) is 10.4. The summed E-state index contributed by atoms with van der Waals surface area (Å²) in [7, 11) is 0. The number of nitrogens with two attached hydrogens (primary N) is 1. The maximum absolute atomic E-state index is 10.5. The largest absolute Gasteiger partial charge is 0.398 e. The van der Waals surface area contributed by atoms with Gasteiger partial charge in [-0.15, -0.1) is 0 Å². The first-order valence-electron chi connectivity index (χ1n) is 4.58. The smallest absolute Gasteiger partial charge is 0.271 e. The van der Waals surface area contributed by atoms with Crippen LogP contribution in [-0.4, -0.2) is 14.3 Å². The Hall–Kier alpha value is -1.67. The number of anilines is 1. The molecule has 17 heavy (non-hydrogen) atoms. The van der Waals surface area contributed by atoms with Crippen LogP contribution in [0.3, 0.4) is 0 Å². The van der Waals surface area contributed by atoms with Crippen LogP contribution in [0.2, 0.25) is 0 Å². The summed E-state index contributed by atoms with van der Waals surface area (Å²) in [6.45, 7) is 1.81. The van der Waals surface area contributed by atoms with Crippen LogP contribution in [0.5, 0.6) is 0 Å². The van der Waals surface area contributed by atoms with Crippen LogP contribution >= 0.6 is 23.3 Å². The third-order valence-electron chi connectivity index (χ3n) is 1.91. The van der Waals surface area contributed by atoms with Gasteiger partial charge in [-0.05, 0) is 24.5 Å². The number of aryl methyl sites for hydroxylation is 1. The third kappa shape index (κ3) is 2.71. The Balaban J connectivity index is 2.25. The van der Waals surface area contributed by atoms with E-state index in [1.165, 1.54) is 35.4 Å². The van der Waals surface area contributed by atoms with Crippen molar-refractivity contribution in [1.29, 1.82) is 0 Å². The van der Waals surface area contributed by atoms with E-state index in [0.717, 1.165) is 9.24 Å². The molecule has 0 aliphatic rings. The van der Waals surface area contributed by atoms with Gasteiger partial charge in [0.05, 0.1) is 10.6 Å². The van der Waals surface area contributed by atoms with Crippen molar-refractivity contribution >= 4 is 34.7 Å². The van der Waals surface area contributed by atoms with Gasteiger partial charge in [-0.1, -0.05) is 11.8 Å². The van der Waals surface area contributed by atoms with E-state index in [2.05, 4.69) is 9.36 Å². The number of hydrogen-bond acceptors (Lipinski definition) is 7. The van der Waals surface area contributed by atoms with Gasteiger partial charge in [0, 0.05) is 17.0 Å². The maximum Gasteiger partial charge on any atom is 0.271 e. The highest BCUT2D eigenvalue weighted by molar-refractivity contribution is 8.01. The highest BCUT2D eigenvalue weighted by atomic mass is 32.2.